The molecule has 0 radical (unpaired) electrons. The topological polar surface area (TPSA) is 35.2 Å². The molecule has 2 aliphatic rings. The predicted molar refractivity (Wildman–Crippen MR) is 73.7 cm³/mol. The van der Waals surface area contributed by atoms with Gasteiger partial charge < -0.3 is 10.5 Å². The summed E-state index contributed by atoms with van der Waals surface area (Å²) in [6.45, 7) is 0. The Morgan fingerprint density at radius 1 is 1.32 bits per heavy atom. The van der Waals surface area contributed by atoms with Gasteiger partial charge in [0.05, 0.1) is 0 Å². The third kappa shape index (κ3) is 2.98. The van der Waals surface area contributed by atoms with Gasteiger partial charge in [0, 0.05) is 24.4 Å². The van der Waals surface area contributed by atoms with Gasteiger partial charge in [-0.25, -0.2) is 4.39 Å². The highest BCUT2D eigenvalue weighted by Crippen LogP contribution is 2.33. The van der Waals surface area contributed by atoms with E-state index in [1.54, 1.807) is 12.1 Å². The molecule has 1 aliphatic heterocycles. The van der Waals surface area contributed by atoms with E-state index >= 15 is 0 Å². The van der Waals surface area contributed by atoms with Crippen molar-refractivity contribution in [3.63, 3.8) is 0 Å². The van der Waals surface area contributed by atoms with E-state index in [-0.39, 0.29) is 18.0 Å². The van der Waals surface area contributed by atoms with Gasteiger partial charge in [0.25, 0.3) is 0 Å². The van der Waals surface area contributed by atoms with Crippen LogP contribution in [0.2, 0.25) is 0 Å². The van der Waals surface area contributed by atoms with Gasteiger partial charge in [-0.05, 0) is 37.5 Å². The molecule has 2 nitrogen and oxygen atoms in total. The molecule has 102 valence electrons. The largest absolute Gasteiger partial charge is 0.489 e. The van der Waals surface area contributed by atoms with E-state index in [4.69, 9.17) is 10.5 Å². The molecule has 1 heterocycles. The Morgan fingerprint density at radius 2 is 2.21 bits per heavy atom. The van der Waals surface area contributed by atoms with Crippen LogP contribution < -0.4 is 10.5 Å². The minimum absolute atomic E-state index is 0.147. The van der Waals surface area contributed by atoms with Crippen LogP contribution in [0.25, 0.3) is 0 Å². The van der Waals surface area contributed by atoms with E-state index in [0.717, 1.165) is 37.0 Å². The van der Waals surface area contributed by atoms with Crippen LogP contribution in [0.5, 0.6) is 5.75 Å². The molecule has 1 aromatic carbocycles. The molecule has 1 aromatic rings. The number of rotatable bonds is 2. The first-order chi connectivity index (χ1) is 9.20. The highest BCUT2D eigenvalue weighted by atomic mass is 19.1. The molecule has 2 unspecified atom stereocenters. The lowest BCUT2D eigenvalue weighted by atomic mass is 10.00. The summed E-state index contributed by atoms with van der Waals surface area (Å²) in [6.07, 6.45) is 8.71. The Hall–Kier alpha value is -1.35. The number of hydrogen-bond acceptors (Lipinski definition) is 2. The lowest BCUT2D eigenvalue weighted by molar-refractivity contribution is 0.231. The maximum atomic E-state index is 13.2. The van der Waals surface area contributed by atoms with E-state index < -0.39 is 0 Å². The molecule has 3 rings (SSSR count). The van der Waals surface area contributed by atoms with Crippen molar-refractivity contribution in [1.29, 1.82) is 0 Å². The van der Waals surface area contributed by atoms with Crippen molar-refractivity contribution in [2.24, 2.45) is 5.73 Å². The molecular formula is C16H20FNO. The van der Waals surface area contributed by atoms with E-state index in [1.165, 1.54) is 24.5 Å². The standard InChI is InChI=1S/C16H20FNO/c17-13-5-6-16-12(9-13)10-15(19-16)8-11-3-1-2-4-14(18)7-11/h5-7,9,14-15H,1-4,8,10,18H2. The van der Waals surface area contributed by atoms with Gasteiger partial charge in [-0.3, -0.25) is 0 Å². The molecule has 0 fully saturated rings. The molecule has 0 spiro atoms. The minimum Gasteiger partial charge on any atom is -0.489 e. The number of nitrogens with two attached hydrogens (primary N) is 1. The fraction of sp³-hybridized carbons (Fsp3) is 0.500. The van der Waals surface area contributed by atoms with E-state index in [2.05, 4.69) is 6.08 Å². The number of fused-ring (bicyclic) bond motifs is 1. The lowest BCUT2D eigenvalue weighted by Gasteiger charge is -2.13. The first kappa shape index (κ1) is 12.7. The van der Waals surface area contributed by atoms with E-state index in [1.807, 2.05) is 0 Å². The summed E-state index contributed by atoms with van der Waals surface area (Å²) in [4.78, 5) is 0. The average Bonchev–Trinajstić information content (AvgIpc) is 2.63. The van der Waals surface area contributed by atoms with Gasteiger partial charge in [-0.15, -0.1) is 0 Å². The van der Waals surface area contributed by atoms with Crippen molar-refractivity contribution in [1.82, 2.24) is 0 Å². The molecule has 3 heteroatoms. The Labute approximate surface area is 113 Å². The smallest absolute Gasteiger partial charge is 0.123 e. The summed E-state index contributed by atoms with van der Waals surface area (Å²) in [6, 6.07) is 4.97. The van der Waals surface area contributed by atoms with Gasteiger partial charge in [-0.2, -0.15) is 0 Å². The molecular weight excluding hydrogens is 241 g/mol. The van der Waals surface area contributed by atoms with Crippen molar-refractivity contribution in [2.75, 3.05) is 0 Å². The van der Waals surface area contributed by atoms with Crippen LogP contribution in [0.1, 0.15) is 37.7 Å². The number of halogens is 1. The third-order valence-electron chi connectivity index (χ3n) is 3.99. The fourth-order valence-electron chi connectivity index (χ4n) is 3.07. The zero-order valence-corrected chi connectivity index (χ0v) is 11.1. The molecule has 0 saturated heterocycles. The van der Waals surface area contributed by atoms with Gasteiger partial charge in [0.15, 0.2) is 0 Å². The van der Waals surface area contributed by atoms with Crippen LogP contribution in [0, 0.1) is 5.82 Å². The predicted octanol–water partition coefficient (Wildman–Crippen LogP) is 3.35. The molecule has 1 aliphatic carbocycles. The Bertz CT molecular complexity index is 498. The van der Waals surface area contributed by atoms with Crippen LogP contribution in [0.15, 0.2) is 29.8 Å². The van der Waals surface area contributed by atoms with Gasteiger partial charge in [0.2, 0.25) is 0 Å². The maximum absolute atomic E-state index is 13.2. The van der Waals surface area contributed by atoms with Crippen molar-refractivity contribution >= 4 is 0 Å². The lowest BCUT2D eigenvalue weighted by Crippen LogP contribution is -2.18. The van der Waals surface area contributed by atoms with Crippen LogP contribution in [0.3, 0.4) is 0 Å². The number of benzene rings is 1. The zero-order chi connectivity index (χ0) is 13.2. The summed E-state index contributed by atoms with van der Waals surface area (Å²) in [5.74, 6) is 0.656. The number of ether oxygens (including phenoxy) is 1. The van der Waals surface area contributed by atoms with Crippen LogP contribution in [0.4, 0.5) is 4.39 Å². The Balaban J connectivity index is 1.66. The first-order valence-electron chi connectivity index (χ1n) is 7.11. The molecule has 19 heavy (non-hydrogen) atoms. The summed E-state index contributed by atoms with van der Waals surface area (Å²) < 4.78 is 19.1. The SMILES string of the molecule is NC1C=C(CC2Cc3cc(F)ccc3O2)CCCC1. The molecule has 2 N–H and O–H groups in total. The van der Waals surface area contributed by atoms with Gasteiger partial charge >= 0.3 is 0 Å². The van der Waals surface area contributed by atoms with E-state index in [0.29, 0.717) is 0 Å². The van der Waals surface area contributed by atoms with Crippen molar-refractivity contribution in [3.8, 4) is 5.75 Å². The average molecular weight is 261 g/mol. The summed E-state index contributed by atoms with van der Waals surface area (Å²) in [7, 11) is 0. The quantitative estimate of drug-likeness (QED) is 0.829. The minimum atomic E-state index is -0.182. The summed E-state index contributed by atoms with van der Waals surface area (Å²) in [5, 5.41) is 0. The normalized spacial score (nSPS) is 26.3. The van der Waals surface area contributed by atoms with Crippen molar-refractivity contribution < 1.29 is 9.13 Å². The van der Waals surface area contributed by atoms with Crippen LogP contribution in [-0.4, -0.2) is 12.1 Å². The van der Waals surface area contributed by atoms with Crippen LogP contribution in [-0.2, 0) is 6.42 Å². The van der Waals surface area contributed by atoms with Crippen molar-refractivity contribution in [3.05, 3.63) is 41.2 Å². The Kier molecular flexibility index (Phi) is 3.56. The van der Waals surface area contributed by atoms with Crippen LogP contribution >= 0.6 is 0 Å². The highest BCUT2D eigenvalue weighted by molar-refractivity contribution is 5.38. The van der Waals surface area contributed by atoms with Gasteiger partial charge in [-0.1, -0.05) is 18.1 Å². The zero-order valence-electron chi connectivity index (χ0n) is 11.1. The Morgan fingerprint density at radius 3 is 3.11 bits per heavy atom. The monoisotopic (exact) mass is 261 g/mol. The molecule has 0 amide bonds. The third-order valence-corrected chi connectivity index (χ3v) is 3.99. The summed E-state index contributed by atoms with van der Waals surface area (Å²) >= 11 is 0. The maximum Gasteiger partial charge on any atom is 0.123 e. The fourth-order valence-corrected chi connectivity index (χ4v) is 3.07. The van der Waals surface area contributed by atoms with Gasteiger partial charge in [0.1, 0.15) is 17.7 Å². The second kappa shape index (κ2) is 5.33. The molecule has 2 atom stereocenters. The second-order valence-corrected chi connectivity index (χ2v) is 5.63. The second-order valence-electron chi connectivity index (χ2n) is 5.63. The van der Waals surface area contributed by atoms with E-state index in [9.17, 15) is 4.39 Å². The molecule has 0 saturated carbocycles. The molecule has 0 bridgehead atoms. The number of hydrogen-bond donors (Lipinski definition) is 1. The molecule has 0 aromatic heterocycles. The first-order valence-corrected chi connectivity index (χ1v) is 7.11. The highest BCUT2D eigenvalue weighted by Gasteiger charge is 2.24. The van der Waals surface area contributed by atoms with Crippen molar-refractivity contribution in [2.45, 2.75) is 50.7 Å². The summed E-state index contributed by atoms with van der Waals surface area (Å²) in [5.41, 5.74) is 8.43.